The lowest BCUT2D eigenvalue weighted by molar-refractivity contribution is -0.137. The monoisotopic (exact) mass is 1670 g/mol. The Morgan fingerprint density at radius 3 is 1.07 bits per heavy atom. The molecule has 0 saturated carbocycles. The van der Waals surface area contributed by atoms with Crippen molar-refractivity contribution in [3.63, 3.8) is 0 Å². The van der Waals surface area contributed by atoms with Crippen LogP contribution in [0.3, 0.4) is 0 Å². The molecule has 1 aliphatic heterocycles. The van der Waals surface area contributed by atoms with Crippen LogP contribution in [0.2, 0.25) is 0 Å². The molecular formula is C68H83Br4N23O8. The van der Waals surface area contributed by atoms with Gasteiger partial charge < -0.3 is 101 Å². The Kier molecular flexibility index (Phi) is 27.1. The van der Waals surface area contributed by atoms with Gasteiger partial charge in [-0.25, -0.2) is 0 Å². The summed E-state index contributed by atoms with van der Waals surface area (Å²) in [7, 11) is 0. The predicted molar refractivity (Wildman–Crippen MR) is 407 cm³/mol. The number of ketones is 1. The summed E-state index contributed by atoms with van der Waals surface area (Å²) in [6.07, 6.45) is 5.58. The van der Waals surface area contributed by atoms with Gasteiger partial charge in [-0.3, -0.25) is 60.0 Å². The lowest BCUT2D eigenvalue weighted by Gasteiger charge is -2.29. The topological polar surface area (TPSA) is 532 Å². The van der Waals surface area contributed by atoms with Crippen molar-refractivity contribution in [1.82, 2.24) is 78.4 Å². The van der Waals surface area contributed by atoms with Crippen molar-refractivity contribution in [3.8, 4) is 0 Å². The maximum atomic E-state index is 15.9. The summed E-state index contributed by atoms with van der Waals surface area (Å²) >= 11 is 14.3. The zero-order valence-corrected chi connectivity index (χ0v) is 62.1. The molecule has 1 fully saturated rings. The van der Waals surface area contributed by atoms with Crippen molar-refractivity contribution in [2.45, 2.75) is 119 Å². The Balaban J connectivity index is 1.21. The minimum atomic E-state index is -1.66. The first kappa shape index (κ1) is 77.2. The summed E-state index contributed by atoms with van der Waals surface area (Å²) < 4.78 is 2.73. The lowest BCUT2D eigenvalue weighted by atomic mass is 9.91. The van der Waals surface area contributed by atoms with E-state index in [0.29, 0.717) is 78.2 Å². The van der Waals surface area contributed by atoms with Crippen LogP contribution in [0.15, 0.2) is 115 Å². The van der Waals surface area contributed by atoms with E-state index in [9.17, 15) is 0 Å². The molecule has 0 spiro atoms. The molecule has 0 aliphatic carbocycles. The second-order valence-electron chi connectivity index (χ2n) is 25.2. The highest BCUT2D eigenvalue weighted by Gasteiger charge is 2.38. The highest BCUT2D eigenvalue weighted by Crippen LogP contribution is 2.31. The normalized spacial score (nSPS) is 20.0. The second-order valence-corrected chi connectivity index (χ2v) is 28.8. The van der Waals surface area contributed by atoms with Crippen molar-refractivity contribution >= 4 is 178 Å². The van der Waals surface area contributed by atoms with Crippen LogP contribution in [0, 0.1) is 27.6 Å². The SMILES string of the molecule is N=C(N)NCCC[C@@H]1CC(=O)[C@H](CCCNC(=N)N)NC(=O)[C@H](CCCNC(=N)N)NC(=O)[C@H](CCCNC(=N)N)NC(=O)[C@H](c2c[nH]c3ccc(Br)cc23)NC(=O)[C@H](Cc2c[nH]c3ccc(Br)cc23)NC(=O)[C@H](Cc2c[nH]c3ccc(Br)cc23)NC(=O)[C@H](Cc2c[nH]c3ccc(Br)cc23)NC1=O. The van der Waals surface area contributed by atoms with E-state index in [1.165, 1.54) is 6.20 Å². The van der Waals surface area contributed by atoms with E-state index >= 15 is 38.4 Å². The van der Waals surface area contributed by atoms with Crippen molar-refractivity contribution in [2.75, 3.05) is 26.2 Å². The number of benzene rings is 4. The number of aromatic amines is 4. The third-order valence-corrected chi connectivity index (χ3v) is 19.7. The van der Waals surface area contributed by atoms with Crippen LogP contribution in [0.5, 0.6) is 0 Å². The highest BCUT2D eigenvalue weighted by molar-refractivity contribution is 9.11. The molecule has 1 saturated heterocycles. The van der Waals surface area contributed by atoms with Gasteiger partial charge in [0.15, 0.2) is 29.6 Å². The molecule has 4 aromatic carbocycles. The van der Waals surface area contributed by atoms with E-state index < -0.39 is 102 Å². The highest BCUT2D eigenvalue weighted by atomic mass is 79.9. The van der Waals surface area contributed by atoms with E-state index in [2.05, 4.69) is 142 Å². The molecule has 546 valence electrons. The fourth-order valence-corrected chi connectivity index (χ4v) is 13.9. The number of Topliss-reactive ketones (excluding diaryl/α,β-unsaturated/α-hetero) is 1. The summed E-state index contributed by atoms with van der Waals surface area (Å²) in [6.45, 7) is 0.271. The number of rotatable bonds is 23. The summed E-state index contributed by atoms with van der Waals surface area (Å²) in [5.41, 5.74) is 27.2. The third kappa shape index (κ3) is 21.5. The molecule has 27 N–H and O–H groups in total. The van der Waals surface area contributed by atoms with Crippen LogP contribution in [0.4, 0.5) is 0 Å². The van der Waals surface area contributed by atoms with Gasteiger partial charge in [0, 0.05) is 150 Å². The Hall–Kier alpha value is -10.0. The van der Waals surface area contributed by atoms with E-state index in [1.54, 1.807) is 36.8 Å². The van der Waals surface area contributed by atoms with Crippen LogP contribution in [0.25, 0.3) is 43.6 Å². The maximum absolute atomic E-state index is 15.9. The first-order valence-electron chi connectivity index (χ1n) is 33.3. The van der Waals surface area contributed by atoms with Crippen LogP contribution >= 0.6 is 63.7 Å². The molecule has 8 atom stereocenters. The largest absolute Gasteiger partial charge is 0.370 e. The van der Waals surface area contributed by atoms with E-state index in [0.717, 1.165) is 0 Å². The molecule has 4 aromatic heterocycles. The number of guanidine groups is 4. The van der Waals surface area contributed by atoms with E-state index in [-0.39, 0.29) is 126 Å². The number of nitrogens with one attached hydrogen (secondary N) is 19. The molecule has 9 rings (SSSR count). The van der Waals surface area contributed by atoms with Crippen molar-refractivity contribution < 1.29 is 38.4 Å². The van der Waals surface area contributed by atoms with E-state index in [1.807, 2.05) is 54.6 Å². The third-order valence-electron chi connectivity index (χ3n) is 17.7. The number of nitrogens with two attached hydrogens (primary N) is 4. The number of H-pyrrole nitrogens is 4. The van der Waals surface area contributed by atoms with Gasteiger partial charge in [-0.05, 0) is 141 Å². The second kappa shape index (κ2) is 36.2. The van der Waals surface area contributed by atoms with Crippen LogP contribution in [0.1, 0.15) is 86.1 Å². The molecule has 0 unspecified atom stereocenters. The standard InChI is InChI=1S/C68H83Br4N23O8/c69-37-9-13-46-41(25-37)34(29-85-46)21-53-61(100)93-54(22-35-30-86-47-14-10-38(70)26-42(35)47)62(101)94-55(23-36-31-87-48-15-11-39(71)27-43(36)48)63(102)95-57(45-32-88-49-16-12-40(72)28-44(45)49)64(103)91-52(8-4-20-84-68(79)80)60(99)90-51(7-3-19-83-67(77)78)59(98)89-50(6-2-18-82-66(75)76)56(96)24-33(58(97)92-53)5-1-17-81-65(73)74/h9-16,25-33,50-55,57,85-88H,1-8,17-24H2,(H,89,98)(H,90,99)(H,91,103)(H,92,97)(H,93,100)(H,94,101)(H,95,102)(H4,73,74,81)(H4,75,76,82)(H4,77,78,83)(H4,79,80,84)/t33-,50+,51+,52+,53+,54+,55+,57+/m1/s1. The maximum Gasteiger partial charge on any atom is 0.247 e. The van der Waals surface area contributed by atoms with Gasteiger partial charge in [0.1, 0.15) is 36.3 Å². The van der Waals surface area contributed by atoms with Crippen molar-refractivity contribution in [2.24, 2.45) is 28.9 Å². The Morgan fingerprint density at radius 1 is 0.369 bits per heavy atom. The molecule has 5 heterocycles. The van der Waals surface area contributed by atoms with Crippen LogP contribution in [-0.2, 0) is 57.6 Å². The quantitative estimate of drug-likeness (QED) is 0.0243. The summed E-state index contributed by atoms with van der Waals surface area (Å²) in [5.74, 6) is -9.37. The average molecular weight is 1670 g/mol. The van der Waals surface area contributed by atoms with Crippen molar-refractivity contribution in [3.05, 3.63) is 138 Å². The summed E-state index contributed by atoms with van der Waals surface area (Å²) in [4.78, 5) is 137. The minimum absolute atomic E-state index is 0.0354. The number of amides is 7. The van der Waals surface area contributed by atoms with Crippen molar-refractivity contribution in [1.29, 1.82) is 21.6 Å². The molecule has 0 bridgehead atoms. The smallest absolute Gasteiger partial charge is 0.247 e. The molecule has 8 aromatic rings. The number of hydrogen-bond donors (Lipinski definition) is 23. The lowest BCUT2D eigenvalue weighted by Crippen LogP contribution is -2.59. The Bertz CT molecular complexity index is 4490. The van der Waals surface area contributed by atoms with Gasteiger partial charge in [0.25, 0.3) is 0 Å². The minimum Gasteiger partial charge on any atom is -0.370 e. The van der Waals surface area contributed by atoms with Crippen LogP contribution < -0.4 is 81.4 Å². The molecule has 31 nitrogen and oxygen atoms in total. The number of hydrogen-bond acceptors (Lipinski definition) is 12. The fraction of sp³-hybridized carbons (Fsp3) is 0.353. The van der Waals surface area contributed by atoms with Gasteiger partial charge in [0.05, 0.1) is 6.04 Å². The number of aromatic nitrogens is 4. The molecule has 1 aliphatic rings. The Morgan fingerprint density at radius 2 is 0.670 bits per heavy atom. The first-order valence-corrected chi connectivity index (χ1v) is 36.4. The number of carbonyl (C=O) groups is 8. The zero-order valence-electron chi connectivity index (χ0n) is 55.8. The predicted octanol–water partition coefficient (Wildman–Crippen LogP) is 4.10. The molecule has 7 amide bonds. The van der Waals surface area contributed by atoms with Gasteiger partial charge >= 0.3 is 0 Å². The number of carbonyl (C=O) groups excluding carboxylic acids is 8. The number of halogens is 4. The first-order chi connectivity index (χ1) is 49.3. The fourth-order valence-electron chi connectivity index (χ4n) is 12.5. The molecule has 103 heavy (non-hydrogen) atoms. The Labute approximate surface area is 624 Å². The van der Waals surface area contributed by atoms with E-state index in [4.69, 9.17) is 44.6 Å². The zero-order chi connectivity index (χ0) is 74.0. The van der Waals surface area contributed by atoms with Crippen LogP contribution in [-0.4, -0.2) is 153 Å². The molecular weight excluding hydrogens is 1590 g/mol. The average Bonchev–Trinajstić information content (AvgIpc) is 1.63. The summed E-state index contributed by atoms with van der Waals surface area (Å²) in [5, 5.41) is 64.9. The number of fused-ring (bicyclic) bond motifs is 4. The van der Waals surface area contributed by atoms with Gasteiger partial charge in [0.2, 0.25) is 41.4 Å². The molecule has 35 heteroatoms. The van der Waals surface area contributed by atoms with Gasteiger partial charge in [-0.1, -0.05) is 63.7 Å². The molecule has 0 radical (unpaired) electrons. The van der Waals surface area contributed by atoms with Gasteiger partial charge in [-0.2, -0.15) is 0 Å². The summed E-state index contributed by atoms with van der Waals surface area (Å²) in [6, 6.07) is 11.2. The van der Waals surface area contributed by atoms with Gasteiger partial charge in [-0.15, -0.1) is 0 Å².